The van der Waals surface area contributed by atoms with Gasteiger partial charge in [-0.1, -0.05) is 23.7 Å². The van der Waals surface area contributed by atoms with Crippen LogP contribution in [-0.2, 0) is 0 Å². The van der Waals surface area contributed by atoms with E-state index in [4.69, 9.17) is 20.4 Å². The molecule has 0 radical (unpaired) electrons. The van der Waals surface area contributed by atoms with E-state index in [1.807, 2.05) is 24.3 Å². The van der Waals surface area contributed by atoms with Gasteiger partial charge in [-0.3, -0.25) is 4.79 Å². The molecule has 4 aromatic rings. The Morgan fingerprint density at radius 3 is 2.68 bits per heavy atom. The predicted octanol–water partition coefficient (Wildman–Crippen LogP) is 5.76. The molecule has 7 heteroatoms. The summed E-state index contributed by atoms with van der Waals surface area (Å²) in [6, 6.07) is 15.8. The van der Waals surface area contributed by atoms with Crippen LogP contribution in [-0.4, -0.2) is 10.9 Å². The summed E-state index contributed by atoms with van der Waals surface area (Å²) in [5.74, 6) is 0.227. The first-order valence-electron chi connectivity index (χ1n) is 7.32. The van der Waals surface area contributed by atoms with Crippen molar-refractivity contribution in [3.05, 3.63) is 70.0 Å². The van der Waals surface area contributed by atoms with Gasteiger partial charge in [0.15, 0.2) is 16.0 Å². The Labute approximate surface area is 155 Å². The highest BCUT2D eigenvalue weighted by Crippen LogP contribution is 2.32. The van der Waals surface area contributed by atoms with Crippen LogP contribution < -0.4 is 5.32 Å². The maximum Gasteiger partial charge on any atom is 0.291 e. The summed E-state index contributed by atoms with van der Waals surface area (Å²) in [6.07, 6.45) is 0. The zero-order chi connectivity index (χ0) is 17.4. The number of carbonyl (C=O) groups is 1. The smallest absolute Gasteiger partial charge is 0.291 e. The van der Waals surface area contributed by atoms with E-state index in [1.165, 1.54) is 0 Å². The molecule has 0 fully saturated rings. The Bertz CT molecular complexity index is 1050. The Hall–Kier alpha value is -2.57. The fourth-order valence-electron chi connectivity index (χ4n) is 2.38. The molecule has 2 aromatic heterocycles. The molecule has 2 aromatic carbocycles. The maximum atomic E-state index is 12.2. The van der Waals surface area contributed by atoms with Crippen LogP contribution >= 0.6 is 27.5 Å². The normalized spacial score (nSPS) is 11.0. The second kappa shape index (κ2) is 6.38. The van der Waals surface area contributed by atoms with E-state index >= 15 is 0 Å². The van der Waals surface area contributed by atoms with Crippen LogP contribution in [0, 0.1) is 0 Å². The SMILES string of the molecule is O=C(Nc1ccc(Cl)c(-c2nc3ccccc3o2)c1)c1ccc(Br)o1. The topological polar surface area (TPSA) is 68.3 Å². The standard InChI is InChI=1S/C18H10BrClN2O3/c19-16-8-7-15(24-16)17(23)21-10-5-6-12(20)11(9-10)18-22-13-3-1-2-4-14(13)25-18/h1-9H,(H,21,23). The van der Waals surface area contributed by atoms with Gasteiger partial charge >= 0.3 is 0 Å². The second-order valence-corrected chi connectivity index (χ2v) is 6.43. The van der Waals surface area contributed by atoms with E-state index in [2.05, 4.69) is 26.2 Å². The number of para-hydroxylation sites is 2. The molecular formula is C18H10BrClN2O3. The molecular weight excluding hydrogens is 408 g/mol. The van der Waals surface area contributed by atoms with E-state index in [0.29, 0.717) is 32.4 Å². The van der Waals surface area contributed by atoms with Crippen LogP contribution in [0.4, 0.5) is 5.69 Å². The quantitative estimate of drug-likeness (QED) is 0.460. The molecule has 1 N–H and O–H groups in total. The molecule has 2 heterocycles. The average Bonchev–Trinajstić information content (AvgIpc) is 3.22. The zero-order valence-electron chi connectivity index (χ0n) is 12.6. The number of aromatic nitrogens is 1. The maximum absolute atomic E-state index is 12.2. The van der Waals surface area contributed by atoms with Gasteiger partial charge in [0.25, 0.3) is 5.91 Å². The Morgan fingerprint density at radius 1 is 1.08 bits per heavy atom. The first kappa shape index (κ1) is 15.9. The molecule has 4 rings (SSSR count). The fraction of sp³-hybridized carbons (Fsp3) is 0. The molecule has 1 amide bonds. The summed E-state index contributed by atoms with van der Waals surface area (Å²) in [5.41, 5.74) is 2.56. The van der Waals surface area contributed by atoms with Gasteiger partial charge in [0, 0.05) is 5.69 Å². The van der Waals surface area contributed by atoms with Crippen LogP contribution in [0.5, 0.6) is 0 Å². The third-order valence-electron chi connectivity index (χ3n) is 3.55. The minimum Gasteiger partial charge on any atom is -0.444 e. The fourth-order valence-corrected chi connectivity index (χ4v) is 2.89. The van der Waals surface area contributed by atoms with E-state index in [1.54, 1.807) is 30.3 Å². The number of carbonyl (C=O) groups excluding carboxylic acids is 1. The third-order valence-corrected chi connectivity index (χ3v) is 4.30. The van der Waals surface area contributed by atoms with Crippen LogP contribution in [0.2, 0.25) is 5.02 Å². The number of fused-ring (bicyclic) bond motifs is 1. The van der Waals surface area contributed by atoms with Crippen molar-refractivity contribution in [2.24, 2.45) is 0 Å². The van der Waals surface area contributed by atoms with Crippen LogP contribution in [0.25, 0.3) is 22.6 Å². The minimum atomic E-state index is -0.364. The molecule has 25 heavy (non-hydrogen) atoms. The van der Waals surface area contributed by atoms with Crippen molar-refractivity contribution >= 4 is 50.2 Å². The van der Waals surface area contributed by atoms with Gasteiger partial charge in [-0.05, 0) is 58.4 Å². The number of hydrogen-bond acceptors (Lipinski definition) is 4. The lowest BCUT2D eigenvalue weighted by Crippen LogP contribution is -2.10. The van der Waals surface area contributed by atoms with Crippen molar-refractivity contribution in [3.63, 3.8) is 0 Å². The van der Waals surface area contributed by atoms with Gasteiger partial charge < -0.3 is 14.2 Å². The van der Waals surface area contributed by atoms with E-state index in [-0.39, 0.29) is 11.7 Å². The summed E-state index contributed by atoms with van der Waals surface area (Å²) >= 11 is 9.45. The molecule has 5 nitrogen and oxygen atoms in total. The lowest BCUT2D eigenvalue weighted by atomic mass is 10.2. The van der Waals surface area contributed by atoms with E-state index in [0.717, 1.165) is 5.52 Å². The van der Waals surface area contributed by atoms with Crippen LogP contribution in [0.15, 0.2) is 68.1 Å². The molecule has 0 aliphatic rings. The first-order chi connectivity index (χ1) is 12.1. The number of oxazole rings is 1. The zero-order valence-corrected chi connectivity index (χ0v) is 15.0. The number of nitrogens with one attached hydrogen (secondary N) is 1. The van der Waals surface area contributed by atoms with Crippen molar-refractivity contribution in [3.8, 4) is 11.5 Å². The average molecular weight is 418 g/mol. The number of nitrogens with zero attached hydrogens (tertiary/aromatic N) is 1. The summed E-state index contributed by atoms with van der Waals surface area (Å²) < 4.78 is 11.5. The Balaban J connectivity index is 1.67. The molecule has 0 bridgehead atoms. The number of anilines is 1. The van der Waals surface area contributed by atoms with Gasteiger partial charge in [0.1, 0.15) is 5.52 Å². The molecule has 0 saturated carbocycles. The number of rotatable bonds is 3. The predicted molar refractivity (Wildman–Crippen MR) is 98.8 cm³/mol. The van der Waals surface area contributed by atoms with Crippen molar-refractivity contribution < 1.29 is 13.6 Å². The summed E-state index contributed by atoms with van der Waals surface area (Å²) in [5, 5.41) is 3.24. The molecule has 0 aliphatic carbocycles. The molecule has 124 valence electrons. The molecule has 0 saturated heterocycles. The lowest BCUT2D eigenvalue weighted by molar-refractivity contribution is 0.0995. The summed E-state index contributed by atoms with van der Waals surface area (Å²) in [4.78, 5) is 16.6. The highest BCUT2D eigenvalue weighted by molar-refractivity contribution is 9.10. The van der Waals surface area contributed by atoms with E-state index in [9.17, 15) is 4.79 Å². The van der Waals surface area contributed by atoms with E-state index < -0.39 is 0 Å². The summed E-state index contributed by atoms with van der Waals surface area (Å²) in [7, 11) is 0. The van der Waals surface area contributed by atoms with Gasteiger partial charge in [0.2, 0.25) is 5.89 Å². The number of furan rings is 1. The summed E-state index contributed by atoms with van der Waals surface area (Å²) in [6.45, 7) is 0. The van der Waals surface area contributed by atoms with Gasteiger partial charge in [-0.15, -0.1) is 0 Å². The molecule has 0 unspecified atom stereocenters. The molecule has 0 atom stereocenters. The Kier molecular flexibility index (Phi) is 4.07. The monoisotopic (exact) mass is 416 g/mol. The Morgan fingerprint density at radius 2 is 1.92 bits per heavy atom. The van der Waals surface area contributed by atoms with Crippen LogP contribution in [0.3, 0.4) is 0 Å². The van der Waals surface area contributed by atoms with Crippen LogP contribution in [0.1, 0.15) is 10.6 Å². The second-order valence-electron chi connectivity index (χ2n) is 5.24. The largest absolute Gasteiger partial charge is 0.444 e. The minimum absolute atomic E-state index is 0.199. The van der Waals surface area contributed by atoms with Crippen molar-refractivity contribution in [2.45, 2.75) is 0 Å². The van der Waals surface area contributed by atoms with Gasteiger partial charge in [0.05, 0.1) is 10.6 Å². The van der Waals surface area contributed by atoms with Crippen molar-refractivity contribution in [2.75, 3.05) is 5.32 Å². The van der Waals surface area contributed by atoms with Crippen molar-refractivity contribution in [1.82, 2.24) is 4.98 Å². The molecule has 0 spiro atoms. The number of benzene rings is 2. The van der Waals surface area contributed by atoms with Gasteiger partial charge in [-0.25, -0.2) is 4.98 Å². The highest BCUT2D eigenvalue weighted by Gasteiger charge is 2.15. The highest BCUT2D eigenvalue weighted by atomic mass is 79.9. The third kappa shape index (κ3) is 3.18. The first-order valence-corrected chi connectivity index (χ1v) is 8.49. The molecule has 0 aliphatic heterocycles. The number of hydrogen-bond donors (Lipinski definition) is 1. The van der Waals surface area contributed by atoms with Gasteiger partial charge in [-0.2, -0.15) is 0 Å². The van der Waals surface area contributed by atoms with Crippen molar-refractivity contribution in [1.29, 1.82) is 0 Å². The lowest BCUT2D eigenvalue weighted by Gasteiger charge is -2.06. The number of amides is 1. The number of halogens is 2.